The minimum Gasteiger partial charge on any atom is -0.336 e. The molecule has 1 aliphatic carbocycles. The van der Waals surface area contributed by atoms with Gasteiger partial charge in [0.05, 0.1) is 0 Å². The summed E-state index contributed by atoms with van der Waals surface area (Å²) >= 11 is 0. The molecule has 1 atom stereocenters. The molecule has 1 amide bonds. The van der Waals surface area contributed by atoms with E-state index in [9.17, 15) is 17.4 Å². The van der Waals surface area contributed by atoms with Gasteiger partial charge in [0.2, 0.25) is 0 Å². The predicted octanol–water partition coefficient (Wildman–Crippen LogP) is 1.69. The van der Waals surface area contributed by atoms with E-state index in [0.29, 0.717) is 36.6 Å². The fourth-order valence-electron chi connectivity index (χ4n) is 3.91. The summed E-state index contributed by atoms with van der Waals surface area (Å²) in [6.07, 6.45) is 6.79. The van der Waals surface area contributed by atoms with Crippen molar-refractivity contribution < 1.29 is 17.4 Å². The minimum absolute atomic E-state index is 0.0843. The monoisotopic (exact) mass is 427 g/mol. The standard InChI is InChI=1S/C19H29N3O4S2/c1-20(17-6-4-3-5-7-17)28(25,26)22-14-12-21(13-15-22)19(23)16-8-10-18(11-9-16)27(2)24/h8-11,17H,3-7,12-15H2,1-2H3/t27-/m0/s1. The van der Waals surface area contributed by atoms with Crippen molar-refractivity contribution in [2.24, 2.45) is 0 Å². The van der Waals surface area contributed by atoms with Crippen LogP contribution in [0.3, 0.4) is 0 Å². The van der Waals surface area contributed by atoms with Crippen LogP contribution in [0.1, 0.15) is 42.5 Å². The van der Waals surface area contributed by atoms with Crippen molar-refractivity contribution in [1.29, 1.82) is 0 Å². The van der Waals surface area contributed by atoms with Gasteiger partial charge in [-0.15, -0.1) is 0 Å². The lowest BCUT2D eigenvalue weighted by molar-refractivity contribution is 0.0692. The Morgan fingerprint density at radius 1 is 1.04 bits per heavy atom. The maximum Gasteiger partial charge on any atom is 0.282 e. The number of hydrogen-bond acceptors (Lipinski definition) is 4. The summed E-state index contributed by atoms with van der Waals surface area (Å²) in [6.45, 7) is 1.36. The molecule has 0 N–H and O–H groups in total. The number of nitrogens with zero attached hydrogens (tertiary/aromatic N) is 3. The van der Waals surface area contributed by atoms with Crippen LogP contribution in [0.25, 0.3) is 0 Å². The first-order valence-electron chi connectivity index (χ1n) is 9.76. The third-order valence-electron chi connectivity index (χ3n) is 5.74. The van der Waals surface area contributed by atoms with Gasteiger partial charge < -0.3 is 4.90 Å². The number of benzene rings is 1. The Kier molecular flexibility index (Phi) is 6.90. The number of hydrogen-bond donors (Lipinski definition) is 0. The maximum absolute atomic E-state index is 13.0. The lowest BCUT2D eigenvalue weighted by Crippen LogP contribution is -2.55. The van der Waals surface area contributed by atoms with E-state index in [2.05, 4.69) is 0 Å². The van der Waals surface area contributed by atoms with Gasteiger partial charge in [-0.25, -0.2) is 0 Å². The highest BCUT2D eigenvalue weighted by Gasteiger charge is 2.35. The second kappa shape index (κ2) is 9.02. The molecule has 0 unspecified atom stereocenters. The molecule has 0 aromatic heterocycles. The lowest BCUT2D eigenvalue weighted by Gasteiger charge is -2.38. The van der Waals surface area contributed by atoms with Crippen LogP contribution in [-0.2, 0) is 21.0 Å². The summed E-state index contributed by atoms with van der Waals surface area (Å²) in [6, 6.07) is 6.84. The van der Waals surface area contributed by atoms with E-state index in [1.807, 2.05) is 0 Å². The van der Waals surface area contributed by atoms with Gasteiger partial charge >= 0.3 is 0 Å². The van der Waals surface area contributed by atoms with Crippen LogP contribution in [0.5, 0.6) is 0 Å². The number of rotatable bonds is 5. The Morgan fingerprint density at radius 3 is 2.14 bits per heavy atom. The summed E-state index contributed by atoms with van der Waals surface area (Å²) < 4.78 is 40.4. The summed E-state index contributed by atoms with van der Waals surface area (Å²) in [5, 5.41) is 0. The van der Waals surface area contributed by atoms with Crippen molar-refractivity contribution in [3.8, 4) is 0 Å². The fraction of sp³-hybridized carbons (Fsp3) is 0.632. The van der Waals surface area contributed by atoms with Crippen LogP contribution in [-0.4, -0.2) is 77.6 Å². The third-order valence-corrected chi connectivity index (χ3v) is 8.72. The Morgan fingerprint density at radius 2 is 1.61 bits per heavy atom. The van der Waals surface area contributed by atoms with E-state index < -0.39 is 21.0 Å². The second-order valence-corrected chi connectivity index (χ2v) is 10.9. The van der Waals surface area contributed by atoms with Gasteiger partial charge in [0.15, 0.2) is 0 Å². The van der Waals surface area contributed by atoms with Gasteiger partial charge in [0.1, 0.15) is 0 Å². The van der Waals surface area contributed by atoms with Crippen molar-refractivity contribution >= 4 is 26.9 Å². The van der Waals surface area contributed by atoms with E-state index in [-0.39, 0.29) is 11.9 Å². The summed E-state index contributed by atoms with van der Waals surface area (Å²) in [5.74, 6) is -0.119. The van der Waals surface area contributed by atoms with Crippen molar-refractivity contribution in [2.75, 3.05) is 39.5 Å². The molecular weight excluding hydrogens is 398 g/mol. The topological polar surface area (TPSA) is 78.0 Å². The number of carbonyl (C=O) groups is 1. The molecule has 1 heterocycles. The van der Waals surface area contributed by atoms with E-state index in [0.717, 1.165) is 25.7 Å². The van der Waals surface area contributed by atoms with Crippen LogP contribution < -0.4 is 0 Å². The van der Waals surface area contributed by atoms with E-state index >= 15 is 0 Å². The quantitative estimate of drug-likeness (QED) is 0.716. The second-order valence-electron chi connectivity index (χ2n) is 7.49. The molecule has 2 fully saturated rings. The zero-order valence-corrected chi connectivity index (χ0v) is 18.2. The highest BCUT2D eigenvalue weighted by Crippen LogP contribution is 2.25. The first-order valence-corrected chi connectivity index (χ1v) is 12.7. The van der Waals surface area contributed by atoms with Crippen LogP contribution in [0.15, 0.2) is 29.2 Å². The van der Waals surface area contributed by atoms with Gasteiger partial charge in [0.25, 0.3) is 16.1 Å². The van der Waals surface area contributed by atoms with Gasteiger partial charge in [-0.3, -0.25) is 9.00 Å². The fourth-order valence-corrected chi connectivity index (χ4v) is 6.00. The molecule has 156 valence electrons. The van der Waals surface area contributed by atoms with Crippen LogP contribution >= 0.6 is 0 Å². The molecule has 0 spiro atoms. The van der Waals surface area contributed by atoms with E-state index in [4.69, 9.17) is 0 Å². The Hall–Kier alpha value is -1.29. The zero-order valence-electron chi connectivity index (χ0n) is 16.5. The normalized spacial score (nSPS) is 21.0. The van der Waals surface area contributed by atoms with Crippen LogP contribution in [0.4, 0.5) is 0 Å². The minimum atomic E-state index is -3.50. The summed E-state index contributed by atoms with van der Waals surface area (Å²) in [7, 11) is -2.89. The van der Waals surface area contributed by atoms with Crippen LogP contribution in [0.2, 0.25) is 0 Å². The lowest BCUT2D eigenvalue weighted by atomic mass is 9.96. The molecule has 1 saturated carbocycles. The van der Waals surface area contributed by atoms with Crippen LogP contribution in [0, 0.1) is 0 Å². The van der Waals surface area contributed by atoms with Gasteiger partial charge in [0, 0.05) is 66.8 Å². The molecule has 28 heavy (non-hydrogen) atoms. The summed E-state index contributed by atoms with van der Waals surface area (Å²) in [5.41, 5.74) is 0.532. The molecule has 9 heteroatoms. The summed E-state index contributed by atoms with van der Waals surface area (Å²) in [4.78, 5) is 15.1. The smallest absolute Gasteiger partial charge is 0.282 e. The van der Waals surface area contributed by atoms with Crippen molar-refractivity contribution in [3.05, 3.63) is 29.8 Å². The van der Waals surface area contributed by atoms with Gasteiger partial charge in [-0.1, -0.05) is 19.3 Å². The maximum atomic E-state index is 13.0. The molecule has 3 rings (SSSR count). The molecule has 2 aliphatic rings. The van der Waals surface area contributed by atoms with E-state index in [1.54, 1.807) is 42.5 Å². The predicted molar refractivity (Wildman–Crippen MR) is 110 cm³/mol. The Balaban J connectivity index is 1.60. The first-order chi connectivity index (χ1) is 13.3. The average molecular weight is 428 g/mol. The van der Waals surface area contributed by atoms with Crippen molar-refractivity contribution in [3.63, 3.8) is 0 Å². The largest absolute Gasteiger partial charge is 0.336 e. The van der Waals surface area contributed by atoms with Gasteiger partial charge in [-0.05, 0) is 37.1 Å². The highest BCUT2D eigenvalue weighted by atomic mass is 32.2. The zero-order chi connectivity index (χ0) is 20.3. The Labute approximate surface area is 170 Å². The number of carbonyl (C=O) groups excluding carboxylic acids is 1. The van der Waals surface area contributed by atoms with Gasteiger partial charge in [-0.2, -0.15) is 17.0 Å². The Bertz CT molecular complexity index is 812. The van der Waals surface area contributed by atoms with Crippen molar-refractivity contribution in [2.45, 2.75) is 43.0 Å². The van der Waals surface area contributed by atoms with Crippen molar-refractivity contribution in [1.82, 2.24) is 13.5 Å². The molecule has 0 bridgehead atoms. The molecule has 0 radical (unpaired) electrons. The highest BCUT2D eigenvalue weighted by molar-refractivity contribution is 7.86. The molecule has 1 aromatic carbocycles. The number of piperazine rings is 1. The molecule has 1 aliphatic heterocycles. The molecule has 1 saturated heterocycles. The molecule has 7 nitrogen and oxygen atoms in total. The molecular formula is C19H29N3O4S2. The van der Waals surface area contributed by atoms with E-state index in [1.165, 1.54) is 15.0 Å². The third kappa shape index (κ3) is 4.64. The average Bonchev–Trinajstić information content (AvgIpc) is 2.73. The molecule has 1 aromatic rings. The number of amides is 1. The first kappa shape index (κ1) is 21.4. The SMILES string of the molecule is CN(C1CCCCC1)S(=O)(=O)N1CCN(C(=O)c2ccc([S@](C)=O)cc2)CC1.